The monoisotopic (exact) mass is 343 g/mol. The van der Waals surface area contributed by atoms with Crippen LogP contribution in [0.1, 0.15) is 0 Å². The van der Waals surface area contributed by atoms with Gasteiger partial charge < -0.3 is 4.98 Å². The fourth-order valence-electron chi connectivity index (χ4n) is 2.56. The first-order valence-corrected chi connectivity index (χ1v) is 6.99. The van der Waals surface area contributed by atoms with Crippen LogP contribution in [0.5, 0.6) is 0 Å². The molecular formula is C16H10IN. The van der Waals surface area contributed by atoms with Gasteiger partial charge in [-0.25, -0.2) is 0 Å². The largest absolute Gasteiger partial charge is 0.354 e. The third-order valence-corrected chi connectivity index (χ3v) is 4.10. The van der Waals surface area contributed by atoms with Crippen LogP contribution in [0.25, 0.3) is 32.6 Å². The van der Waals surface area contributed by atoms with Crippen LogP contribution in [0.4, 0.5) is 0 Å². The van der Waals surface area contributed by atoms with Gasteiger partial charge in [0.25, 0.3) is 0 Å². The van der Waals surface area contributed by atoms with Crippen molar-refractivity contribution in [3.8, 4) is 0 Å². The second-order valence-electron chi connectivity index (χ2n) is 4.56. The minimum Gasteiger partial charge on any atom is -0.354 e. The van der Waals surface area contributed by atoms with Crippen LogP contribution in [0, 0.1) is 3.57 Å². The van der Waals surface area contributed by atoms with Crippen molar-refractivity contribution in [2.75, 3.05) is 0 Å². The van der Waals surface area contributed by atoms with Gasteiger partial charge in [0, 0.05) is 25.4 Å². The Morgan fingerprint density at radius 3 is 2.28 bits per heavy atom. The molecule has 0 atom stereocenters. The van der Waals surface area contributed by atoms with Gasteiger partial charge in [-0.3, -0.25) is 0 Å². The maximum atomic E-state index is 3.49. The molecule has 18 heavy (non-hydrogen) atoms. The standard InChI is InChI=1S/C16H10IN/c17-12-5-6-15-14(9-12)13-7-10-3-1-2-4-11(10)8-16(13)18-15/h1-9,18H. The molecule has 0 unspecified atom stereocenters. The Bertz CT molecular complexity index is 889. The maximum Gasteiger partial charge on any atom is 0.0471 e. The lowest BCUT2D eigenvalue weighted by Crippen LogP contribution is -1.73. The lowest BCUT2D eigenvalue weighted by molar-refractivity contribution is 1.55. The molecule has 1 heterocycles. The van der Waals surface area contributed by atoms with E-state index in [0.717, 1.165) is 0 Å². The van der Waals surface area contributed by atoms with E-state index >= 15 is 0 Å². The Kier molecular flexibility index (Phi) is 2.14. The molecular weight excluding hydrogens is 333 g/mol. The fraction of sp³-hybridized carbons (Fsp3) is 0. The molecule has 0 aliphatic heterocycles. The van der Waals surface area contributed by atoms with E-state index < -0.39 is 0 Å². The van der Waals surface area contributed by atoms with Crippen LogP contribution in [-0.2, 0) is 0 Å². The van der Waals surface area contributed by atoms with Crippen molar-refractivity contribution >= 4 is 55.2 Å². The molecule has 0 fully saturated rings. The Morgan fingerprint density at radius 1 is 0.722 bits per heavy atom. The molecule has 1 nitrogen and oxygen atoms in total. The molecule has 0 aliphatic carbocycles. The van der Waals surface area contributed by atoms with Crippen LogP contribution in [0.15, 0.2) is 54.6 Å². The molecule has 0 radical (unpaired) electrons. The summed E-state index contributed by atoms with van der Waals surface area (Å²) in [5.74, 6) is 0. The van der Waals surface area contributed by atoms with E-state index in [9.17, 15) is 0 Å². The van der Waals surface area contributed by atoms with Crippen LogP contribution < -0.4 is 0 Å². The number of hydrogen-bond donors (Lipinski definition) is 1. The van der Waals surface area contributed by atoms with Crippen molar-refractivity contribution in [1.82, 2.24) is 4.98 Å². The third-order valence-electron chi connectivity index (χ3n) is 3.43. The lowest BCUT2D eigenvalue weighted by atomic mass is 10.1. The molecule has 0 saturated heterocycles. The summed E-state index contributed by atoms with van der Waals surface area (Å²) in [5.41, 5.74) is 2.42. The highest BCUT2D eigenvalue weighted by molar-refractivity contribution is 14.1. The summed E-state index contributed by atoms with van der Waals surface area (Å²) in [4.78, 5) is 3.49. The Hall–Kier alpha value is -1.55. The summed E-state index contributed by atoms with van der Waals surface area (Å²) < 4.78 is 1.27. The zero-order valence-electron chi connectivity index (χ0n) is 9.57. The van der Waals surface area contributed by atoms with Gasteiger partial charge in [0.15, 0.2) is 0 Å². The quantitative estimate of drug-likeness (QED) is 0.429. The Morgan fingerprint density at radius 2 is 1.44 bits per heavy atom. The van der Waals surface area contributed by atoms with Crippen LogP contribution in [0.2, 0.25) is 0 Å². The second-order valence-corrected chi connectivity index (χ2v) is 5.81. The van der Waals surface area contributed by atoms with Gasteiger partial charge in [-0.1, -0.05) is 24.3 Å². The maximum absolute atomic E-state index is 3.49. The molecule has 3 aromatic carbocycles. The molecule has 0 amide bonds. The molecule has 4 rings (SSSR count). The molecule has 1 N–H and O–H groups in total. The van der Waals surface area contributed by atoms with Crippen LogP contribution in [-0.4, -0.2) is 4.98 Å². The average molecular weight is 343 g/mol. The summed E-state index contributed by atoms with van der Waals surface area (Å²) in [5, 5.41) is 5.20. The number of aromatic nitrogens is 1. The van der Waals surface area contributed by atoms with Gasteiger partial charge in [-0.15, -0.1) is 0 Å². The number of aromatic amines is 1. The van der Waals surface area contributed by atoms with Crippen LogP contribution >= 0.6 is 22.6 Å². The Balaban J connectivity index is 2.25. The second kappa shape index (κ2) is 3.72. The SMILES string of the molecule is Ic1ccc2[nH]c3cc4ccccc4cc3c2c1. The zero-order valence-corrected chi connectivity index (χ0v) is 11.7. The van der Waals surface area contributed by atoms with E-state index in [1.807, 2.05) is 0 Å². The Labute approximate surface area is 118 Å². The topological polar surface area (TPSA) is 15.8 Å². The number of hydrogen-bond acceptors (Lipinski definition) is 0. The summed E-state index contributed by atoms with van der Waals surface area (Å²) in [6.07, 6.45) is 0. The van der Waals surface area contributed by atoms with E-state index in [4.69, 9.17) is 0 Å². The molecule has 4 aromatic rings. The van der Waals surface area contributed by atoms with Crippen molar-refractivity contribution in [3.63, 3.8) is 0 Å². The molecule has 86 valence electrons. The van der Waals surface area contributed by atoms with Crippen molar-refractivity contribution in [2.45, 2.75) is 0 Å². The first-order chi connectivity index (χ1) is 8.81. The van der Waals surface area contributed by atoms with E-state index in [-0.39, 0.29) is 0 Å². The fourth-order valence-corrected chi connectivity index (χ4v) is 3.05. The van der Waals surface area contributed by atoms with E-state index in [0.29, 0.717) is 0 Å². The average Bonchev–Trinajstić information content (AvgIpc) is 2.73. The normalized spacial score (nSPS) is 11.6. The molecule has 0 spiro atoms. The van der Waals surface area contributed by atoms with Gasteiger partial charge in [0.2, 0.25) is 0 Å². The van der Waals surface area contributed by atoms with E-state index in [1.54, 1.807) is 0 Å². The smallest absolute Gasteiger partial charge is 0.0471 e. The first-order valence-electron chi connectivity index (χ1n) is 5.91. The lowest BCUT2D eigenvalue weighted by Gasteiger charge is -1.98. The van der Waals surface area contributed by atoms with Gasteiger partial charge in [0.1, 0.15) is 0 Å². The first kappa shape index (κ1) is 10.4. The van der Waals surface area contributed by atoms with Crippen molar-refractivity contribution in [2.24, 2.45) is 0 Å². The predicted molar refractivity (Wildman–Crippen MR) is 86.0 cm³/mol. The minimum absolute atomic E-state index is 1.21. The van der Waals surface area contributed by atoms with Crippen molar-refractivity contribution in [3.05, 3.63) is 58.2 Å². The number of nitrogens with one attached hydrogen (secondary N) is 1. The molecule has 0 aliphatic rings. The molecule has 1 aromatic heterocycles. The number of fused-ring (bicyclic) bond motifs is 4. The van der Waals surface area contributed by atoms with E-state index in [2.05, 4.69) is 82.2 Å². The highest BCUT2D eigenvalue weighted by Gasteiger charge is 2.05. The van der Waals surface area contributed by atoms with Gasteiger partial charge in [-0.05, 0) is 63.7 Å². The zero-order chi connectivity index (χ0) is 12.1. The summed E-state index contributed by atoms with van der Waals surface area (Å²) in [7, 11) is 0. The molecule has 2 heteroatoms. The summed E-state index contributed by atoms with van der Waals surface area (Å²) in [6.45, 7) is 0. The van der Waals surface area contributed by atoms with Gasteiger partial charge in [0.05, 0.1) is 0 Å². The number of halogens is 1. The number of rotatable bonds is 0. The highest BCUT2D eigenvalue weighted by atomic mass is 127. The van der Waals surface area contributed by atoms with Crippen molar-refractivity contribution < 1.29 is 0 Å². The van der Waals surface area contributed by atoms with Gasteiger partial charge in [-0.2, -0.15) is 0 Å². The third kappa shape index (κ3) is 1.45. The number of benzene rings is 3. The predicted octanol–water partition coefficient (Wildman–Crippen LogP) is 5.08. The van der Waals surface area contributed by atoms with Crippen molar-refractivity contribution in [1.29, 1.82) is 0 Å². The van der Waals surface area contributed by atoms with Gasteiger partial charge >= 0.3 is 0 Å². The molecule has 0 bridgehead atoms. The van der Waals surface area contributed by atoms with Crippen LogP contribution in [0.3, 0.4) is 0 Å². The number of H-pyrrole nitrogens is 1. The summed E-state index contributed by atoms with van der Waals surface area (Å²) >= 11 is 2.36. The minimum atomic E-state index is 1.21. The highest BCUT2D eigenvalue weighted by Crippen LogP contribution is 2.30. The summed E-state index contributed by atoms with van der Waals surface area (Å²) in [6, 6.07) is 19.5. The molecule has 0 saturated carbocycles. The van der Waals surface area contributed by atoms with E-state index in [1.165, 1.54) is 36.1 Å².